The topological polar surface area (TPSA) is 20.3 Å². The first-order valence-corrected chi connectivity index (χ1v) is 6.70. The fourth-order valence-electron chi connectivity index (χ4n) is 1.57. The first-order valence-electron chi connectivity index (χ1n) is 5.88. The zero-order valence-corrected chi connectivity index (χ0v) is 11.3. The molecule has 0 aliphatic carbocycles. The Kier molecular flexibility index (Phi) is 5.84. The molecule has 0 unspecified atom stereocenters. The van der Waals surface area contributed by atoms with Crippen molar-refractivity contribution in [3.8, 4) is 0 Å². The monoisotopic (exact) mass is 249 g/mol. The number of amides is 1. The molecule has 1 rings (SSSR count). The lowest BCUT2D eigenvalue weighted by atomic mass is 10.1. The van der Waals surface area contributed by atoms with Gasteiger partial charge in [0.1, 0.15) is 0 Å². The van der Waals surface area contributed by atoms with Crippen LogP contribution in [0.25, 0.3) is 0 Å². The van der Waals surface area contributed by atoms with Crippen molar-refractivity contribution in [3.05, 3.63) is 42.5 Å². The molecule has 17 heavy (non-hydrogen) atoms. The van der Waals surface area contributed by atoms with Gasteiger partial charge in [0.25, 0.3) is 5.24 Å². The van der Waals surface area contributed by atoms with Crippen LogP contribution < -0.4 is 0 Å². The molecule has 0 atom stereocenters. The Balaban J connectivity index is 2.80. The first-order chi connectivity index (χ1) is 8.22. The highest BCUT2D eigenvalue weighted by molar-refractivity contribution is 8.13. The standard InChI is InChI=1S/C14H19NOS/c1-4-9-12-10-7-8-11-13(12)17-14(16)15(5-2)6-3/h4,7-8,10-11H,1,5-6,9H2,2-3H3. The highest BCUT2D eigenvalue weighted by Crippen LogP contribution is 2.25. The molecular formula is C14H19NOS. The number of benzene rings is 1. The van der Waals surface area contributed by atoms with Crippen LogP contribution in [0.2, 0.25) is 0 Å². The van der Waals surface area contributed by atoms with Gasteiger partial charge in [-0.25, -0.2) is 0 Å². The zero-order chi connectivity index (χ0) is 12.7. The van der Waals surface area contributed by atoms with Crippen LogP contribution in [0.15, 0.2) is 41.8 Å². The largest absolute Gasteiger partial charge is 0.334 e. The van der Waals surface area contributed by atoms with E-state index in [4.69, 9.17) is 0 Å². The molecule has 0 spiro atoms. The van der Waals surface area contributed by atoms with E-state index in [1.54, 1.807) is 0 Å². The first kappa shape index (κ1) is 13.8. The predicted molar refractivity (Wildman–Crippen MR) is 74.5 cm³/mol. The molecule has 0 fully saturated rings. The summed E-state index contributed by atoms with van der Waals surface area (Å²) in [6.45, 7) is 9.25. The van der Waals surface area contributed by atoms with Crippen molar-refractivity contribution in [3.63, 3.8) is 0 Å². The lowest BCUT2D eigenvalue weighted by molar-refractivity contribution is 0.228. The summed E-state index contributed by atoms with van der Waals surface area (Å²) in [5.74, 6) is 0. The lowest BCUT2D eigenvalue weighted by Crippen LogP contribution is -2.26. The van der Waals surface area contributed by atoms with Gasteiger partial charge in [-0.15, -0.1) is 6.58 Å². The molecule has 1 aromatic rings. The van der Waals surface area contributed by atoms with E-state index in [0.29, 0.717) is 0 Å². The lowest BCUT2D eigenvalue weighted by Gasteiger charge is -2.18. The number of hydrogen-bond acceptors (Lipinski definition) is 2. The Labute approximate surface area is 108 Å². The molecular weight excluding hydrogens is 230 g/mol. The smallest absolute Gasteiger partial charge is 0.286 e. The molecule has 2 nitrogen and oxygen atoms in total. The van der Waals surface area contributed by atoms with Crippen molar-refractivity contribution in [1.29, 1.82) is 0 Å². The number of thioether (sulfide) groups is 1. The quantitative estimate of drug-likeness (QED) is 0.581. The van der Waals surface area contributed by atoms with Crippen LogP contribution in [-0.4, -0.2) is 23.2 Å². The Morgan fingerprint density at radius 1 is 1.35 bits per heavy atom. The second-order valence-corrected chi connectivity index (χ2v) is 4.63. The maximum atomic E-state index is 12.0. The second-order valence-electron chi connectivity index (χ2n) is 3.64. The molecule has 0 aliphatic heterocycles. The number of nitrogens with zero attached hydrogens (tertiary/aromatic N) is 1. The molecule has 0 aliphatic rings. The van der Waals surface area contributed by atoms with Crippen molar-refractivity contribution in [1.82, 2.24) is 4.90 Å². The highest BCUT2D eigenvalue weighted by Gasteiger charge is 2.12. The van der Waals surface area contributed by atoms with Crippen LogP contribution in [-0.2, 0) is 6.42 Å². The molecule has 1 aromatic carbocycles. The summed E-state index contributed by atoms with van der Waals surface area (Å²) in [4.78, 5) is 14.9. The maximum absolute atomic E-state index is 12.0. The number of rotatable bonds is 5. The molecule has 0 saturated carbocycles. The average molecular weight is 249 g/mol. The van der Waals surface area contributed by atoms with Gasteiger partial charge in [0.2, 0.25) is 0 Å². The summed E-state index contributed by atoms with van der Waals surface area (Å²) in [6, 6.07) is 7.99. The minimum atomic E-state index is 0.117. The van der Waals surface area contributed by atoms with Gasteiger partial charge >= 0.3 is 0 Å². The van der Waals surface area contributed by atoms with Crippen LogP contribution in [0.4, 0.5) is 4.79 Å². The number of hydrogen-bond donors (Lipinski definition) is 0. The Bertz CT molecular complexity index is 386. The molecule has 92 valence electrons. The second kappa shape index (κ2) is 7.17. The Hall–Kier alpha value is -1.22. The normalized spacial score (nSPS) is 10.0. The highest BCUT2D eigenvalue weighted by atomic mass is 32.2. The van der Waals surface area contributed by atoms with E-state index in [1.165, 1.54) is 11.8 Å². The van der Waals surface area contributed by atoms with E-state index in [-0.39, 0.29) is 5.24 Å². The van der Waals surface area contributed by atoms with Crippen LogP contribution >= 0.6 is 11.8 Å². The summed E-state index contributed by atoms with van der Waals surface area (Å²) in [6.07, 6.45) is 2.66. The molecule has 1 amide bonds. The van der Waals surface area contributed by atoms with Gasteiger partial charge in [-0.2, -0.15) is 0 Å². The van der Waals surface area contributed by atoms with Crippen molar-refractivity contribution >= 4 is 17.0 Å². The van der Waals surface area contributed by atoms with Crippen molar-refractivity contribution in [2.75, 3.05) is 13.1 Å². The van der Waals surface area contributed by atoms with E-state index >= 15 is 0 Å². The van der Waals surface area contributed by atoms with Gasteiger partial charge in [0.05, 0.1) is 0 Å². The summed E-state index contributed by atoms with van der Waals surface area (Å²) in [5, 5.41) is 0.117. The SMILES string of the molecule is C=CCc1ccccc1SC(=O)N(CC)CC. The minimum absolute atomic E-state index is 0.117. The van der Waals surface area contributed by atoms with E-state index < -0.39 is 0 Å². The van der Waals surface area contributed by atoms with Gasteiger partial charge in [-0.05, 0) is 43.7 Å². The van der Waals surface area contributed by atoms with E-state index in [0.717, 1.165) is 30.0 Å². The third kappa shape index (κ3) is 3.93. The summed E-state index contributed by atoms with van der Waals surface area (Å²) in [7, 11) is 0. The van der Waals surface area contributed by atoms with Crippen LogP contribution in [0, 0.1) is 0 Å². The van der Waals surface area contributed by atoms with Gasteiger partial charge in [-0.3, -0.25) is 4.79 Å². The van der Waals surface area contributed by atoms with E-state index in [9.17, 15) is 4.79 Å². The molecule has 0 bridgehead atoms. The van der Waals surface area contributed by atoms with Gasteiger partial charge < -0.3 is 4.90 Å². The number of allylic oxidation sites excluding steroid dienone is 1. The van der Waals surface area contributed by atoms with Crippen molar-refractivity contribution in [2.24, 2.45) is 0 Å². The molecule has 0 N–H and O–H groups in total. The Morgan fingerprint density at radius 2 is 2.00 bits per heavy atom. The molecule has 3 heteroatoms. The molecule has 0 saturated heterocycles. The summed E-state index contributed by atoms with van der Waals surface area (Å²) in [5.41, 5.74) is 1.16. The van der Waals surface area contributed by atoms with E-state index in [1.807, 2.05) is 49.1 Å². The van der Waals surface area contributed by atoms with E-state index in [2.05, 4.69) is 6.58 Å². The van der Waals surface area contributed by atoms with Gasteiger partial charge in [0.15, 0.2) is 0 Å². The summed E-state index contributed by atoms with van der Waals surface area (Å²) < 4.78 is 0. The minimum Gasteiger partial charge on any atom is -0.334 e. The fraction of sp³-hybridized carbons (Fsp3) is 0.357. The van der Waals surface area contributed by atoms with Gasteiger partial charge in [-0.1, -0.05) is 24.3 Å². The molecule has 0 heterocycles. The zero-order valence-electron chi connectivity index (χ0n) is 10.5. The maximum Gasteiger partial charge on any atom is 0.286 e. The van der Waals surface area contributed by atoms with Crippen LogP contribution in [0.3, 0.4) is 0 Å². The predicted octanol–water partition coefficient (Wildman–Crippen LogP) is 3.97. The van der Waals surface area contributed by atoms with Gasteiger partial charge in [0, 0.05) is 18.0 Å². The molecule has 0 aromatic heterocycles. The van der Waals surface area contributed by atoms with Crippen molar-refractivity contribution in [2.45, 2.75) is 25.2 Å². The third-order valence-electron chi connectivity index (χ3n) is 2.56. The number of carbonyl (C=O) groups excluding carboxylic acids is 1. The fourth-order valence-corrected chi connectivity index (χ4v) is 2.57. The Morgan fingerprint density at radius 3 is 2.59 bits per heavy atom. The average Bonchev–Trinajstić information content (AvgIpc) is 2.33. The number of carbonyl (C=O) groups is 1. The van der Waals surface area contributed by atoms with Crippen LogP contribution in [0.5, 0.6) is 0 Å². The molecule has 0 radical (unpaired) electrons. The van der Waals surface area contributed by atoms with Crippen LogP contribution in [0.1, 0.15) is 19.4 Å². The summed E-state index contributed by atoms with van der Waals surface area (Å²) >= 11 is 1.31. The van der Waals surface area contributed by atoms with Crippen molar-refractivity contribution < 1.29 is 4.79 Å². The third-order valence-corrected chi connectivity index (χ3v) is 3.61.